The van der Waals surface area contributed by atoms with Gasteiger partial charge in [0.1, 0.15) is 17.3 Å². The minimum absolute atomic E-state index is 0.0265. The first-order valence-electron chi connectivity index (χ1n) is 8.22. The lowest BCUT2D eigenvalue weighted by Crippen LogP contribution is -2.32. The highest BCUT2D eigenvalue weighted by Gasteiger charge is 2.12. The molecule has 2 aromatic rings. The molecule has 0 saturated heterocycles. The molecule has 0 spiro atoms. The molecule has 0 bridgehead atoms. The first-order valence-corrected chi connectivity index (χ1v) is 8.97. The first kappa shape index (κ1) is 21.7. The van der Waals surface area contributed by atoms with Gasteiger partial charge in [-0.3, -0.25) is 9.59 Å². The molecule has 0 aliphatic carbocycles. The number of pyridine rings is 1. The summed E-state index contributed by atoms with van der Waals surface area (Å²) in [6, 6.07) is 5.54. The molecule has 1 aromatic heterocycles. The van der Waals surface area contributed by atoms with Gasteiger partial charge in [0.15, 0.2) is 6.61 Å². The van der Waals surface area contributed by atoms with Gasteiger partial charge in [-0.25, -0.2) is 9.37 Å². The van der Waals surface area contributed by atoms with Crippen molar-refractivity contribution in [3.8, 4) is 5.75 Å². The van der Waals surface area contributed by atoms with Crippen molar-refractivity contribution in [3.05, 3.63) is 69.9 Å². The van der Waals surface area contributed by atoms with Crippen molar-refractivity contribution in [2.75, 3.05) is 13.2 Å². The van der Waals surface area contributed by atoms with E-state index in [-0.39, 0.29) is 29.6 Å². The summed E-state index contributed by atoms with van der Waals surface area (Å²) in [5, 5.41) is 5.65. The molecule has 0 aliphatic heterocycles. The van der Waals surface area contributed by atoms with Crippen LogP contribution in [0, 0.1) is 12.7 Å². The van der Waals surface area contributed by atoms with Crippen LogP contribution in [0.2, 0.25) is 10.0 Å². The summed E-state index contributed by atoms with van der Waals surface area (Å²) in [6.07, 6.45) is 1.71. The predicted octanol–water partition coefficient (Wildman–Crippen LogP) is 3.66. The number of amides is 2. The molecule has 2 rings (SSSR count). The normalized spacial score (nSPS) is 10.3. The maximum Gasteiger partial charge on any atom is 0.274 e. The third kappa shape index (κ3) is 6.51. The van der Waals surface area contributed by atoms with Crippen LogP contribution >= 0.6 is 23.2 Å². The number of carbonyl (C=O) groups excluding carboxylic acids is 2. The van der Waals surface area contributed by atoms with E-state index in [4.69, 9.17) is 27.9 Å². The quantitative estimate of drug-likeness (QED) is 0.675. The standard InChI is InChI=1S/C19H18Cl2FN3O3/c1-11-7-13(20)9-24-18(11)19(27)25-12(2)5-6-23-17(26)10-28-14-3-4-15(21)16(22)8-14/h3-4,7-9H,2,5-6,10H2,1H3,(H,23,26)(H,25,27). The van der Waals surface area contributed by atoms with Gasteiger partial charge in [-0.1, -0.05) is 29.8 Å². The van der Waals surface area contributed by atoms with Gasteiger partial charge >= 0.3 is 0 Å². The Morgan fingerprint density at radius 2 is 2.04 bits per heavy atom. The number of rotatable bonds is 8. The van der Waals surface area contributed by atoms with Crippen molar-refractivity contribution < 1.29 is 18.7 Å². The van der Waals surface area contributed by atoms with Gasteiger partial charge in [0, 0.05) is 30.9 Å². The molecule has 148 valence electrons. The van der Waals surface area contributed by atoms with E-state index in [0.29, 0.717) is 22.7 Å². The van der Waals surface area contributed by atoms with E-state index in [1.807, 2.05) is 0 Å². The first-order chi connectivity index (χ1) is 13.3. The lowest BCUT2D eigenvalue weighted by molar-refractivity contribution is -0.123. The molecule has 0 saturated carbocycles. The van der Waals surface area contributed by atoms with Gasteiger partial charge in [-0.05, 0) is 30.7 Å². The number of aryl methyl sites for hydroxylation is 1. The molecular formula is C19H18Cl2FN3O3. The smallest absolute Gasteiger partial charge is 0.274 e. The number of aromatic nitrogens is 1. The molecule has 1 heterocycles. The van der Waals surface area contributed by atoms with Gasteiger partial charge in [0.05, 0.1) is 10.0 Å². The second-order valence-electron chi connectivity index (χ2n) is 5.84. The fraction of sp³-hybridized carbons (Fsp3) is 0.211. The number of hydrogen-bond donors (Lipinski definition) is 2. The van der Waals surface area contributed by atoms with Crippen LogP contribution in [-0.2, 0) is 4.79 Å². The molecule has 2 amide bonds. The third-order valence-electron chi connectivity index (χ3n) is 3.56. The zero-order chi connectivity index (χ0) is 20.7. The second-order valence-corrected chi connectivity index (χ2v) is 6.68. The number of nitrogens with one attached hydrogen (secondary N) is 2. The van der Waals surface area contributed by atoms with E-state index in [2.05, 4.69) is 22.2 Å². The molecule has 28 heavy (non-hydrogen) atoms. The van der Waals surface area contributed by atoms with Crippen LogP contribution in [0.4, 0.5) is 4.39 Å². The molecule has 0 unspecified atom stereocenters. The molecule has 0 atom stereocenters. The Morgan fingerprint density at radius 1 is 1.29 bits per heavy atom. The van der Waals surface area contributed by atoms with Crippen molar-refractivity contribution in [3.63, 3.8) is 0 Å². The van der Waals surface area contributed by atoms with Crippen molar-refractivity contribution in [1.82, 2.24) is 15.6 Å². The number of hydrogen-bond acceptors (Lipinski definition) is 4. The van der Waals surface area contributed by atoms with Crippen LogP contribution in [0.1, 0.15) is 22.5 Å². The SMILES string of the molecule is C=C(CCNC(=O)COc1ccc(Cl)c(F)c1)NC(=O)c1ncc(Cl)cc1C. The predicted molar refractivity (Wildman–Crippen MR) is 105 cm³/mol. The van der Waals surface area contributed by atoms with E-state index in [1.165, 1.54) is 18.3 Å². The Balaban J connectivity index is 1.71. The van der Waals surface area contributed by atoms with E-state index < -0.39 is 17.6 Å². The minimum Gasteiger partial charge on any atom is -0.484 e. The monoisotopic (exact) mass is 425 g/mol. The van der Waals surface area contributed by atoms with E-state index in [1.54, 1.807) is 13.0 Å². The number of ether oxygens (including phenoxy) is 1. The zero-order valence-corrected chi connectivity index (χ0v) is 16.5. The topological polar surface area (TPSA) is 80.3 Å². The summed E-state index contributed by atoms with van der Waals surface area (Å²) in [7, 11) is 0. The van der Waals surface area contributed by atoms with E-state index >= 15 is 0 Å². The zero-order valence-electron chi connectivity index (χ0n) is 15.0. The van der Waals surface area contributed by atoms with Crippen LogP contribution in [0.3, 0.4) is 0 Å². The fourth-order valence-electron chi connectivity index (χ4n) is 2.18. The van der Waals surface area contributed by atoms with Gasteiger partial charge < -0.3 is 15.4 Å². The van der Waals surface area contributed by atoms with Gasteiger partial charge in [-0.15, -0.1) is 0 Å². The highest BCUT2D eigenvalue weighted by atomic mass is 35.5. The lowest BCUT2D eigenvalue weighted by Gasteiger charge is -2.11. The van der Waals surface area contributed by atoms with Crippen LogP contribution in [0.15, 0.2) is 42.7 Å². The minimum atomic E-state index is -0.628. The summed E-state index contributed by atoms with van der Waals surface area (Å²) in [5.74, 6) is -1.24. The molecular weight excluding hydrogens is 408 g/mol. The summed E-state index contributed by atoms with van der Waals surface area (Å²) < 4.78 is 18.5. The summed E-state index contributed by atoms with van der Waals surface area (Å²) >= 11 is 11.4. The Bertz CT molecular complexity index is 906. The van der Waals surface area contributed by atoms with Crippen LogP contribution in [0.25, 0.3) is 0 Å². The summed E-state index contributed by atoms with van der Waals surface area (Å²) in [6.45, 7) is 5.43. The number of halogens is 3. The molecule has 0 aliphatic rings. The van der Waals surface area contributed by atoms with Crippen molar-refractivity contribution >= 4 is 35.0 Å². The van der Waals surface area contributed by atoms with Crippen molar-refractivity contribution in [2.24, 2.45) is 0 Å². The Kier molecular flexibility index (Phi) is 7.78. The highest BCUT2D eigenvalue weighted by molar-refractivity contribution is 6.31. The molecule has 1 aromatic carbocycles. The van der Waals surface area contributed by atoms with Crippen molar-refractivity contribution in [1.29, 1.82) is 0 Å². The number of carbonyl (C=O) groups is 2. The largest absolute Gasteiger partial charge is 0.484 e. The molecule has 9 heteroatoms. The van der Waals surface area contributed by atoms with Gasteiger partial charge in [-0.2, -0.15) is 0 Å². The van der Waals surface area contributed by atoms with Gasteiger partial charge in [0.2, 0.25) is 0 Å². The molecule has 0 fully saturated rings. The van der Waals surface area contributed by atoms with Crippen LogP contribution in [-0.4, -0.2) is 29.9 Å². The summed E-state index contributed by atoms with van der Waals surface area (Å²) in [5.41, 5.74) is 1.31. The maximum atomic E-state index is 13.3. The van der Waals surface area contributed by atoms with E-state index in [0.717, 1.165) is 6.07 Å². The lowest BCUT2D eigenvalue weighted by atomic mass is 10.2. The third-order valence-corrected chi connectivity index (χ3v) is 4.07. The van der Waals surface area contributed by atoms with E-state index in [9.17, 15) is 14.0 Å². The average molecular weight is 426 g/mol. The Morgan fingerprint density at radius 3 is 2.71 bits per heavy atom. The van der Waals surface area contributed by atoms with Crippen LogP contribution in [0.5, 0.6) is 5.75 Å². The fourth-order valence-corrected chi connectivity index (χ4v) is 2.51. The Hall–Kier alpha value is -2.64. The van der Waals surface area contributed by atoms with Crippen LogP contribution < -0.4 is 15.4 Å². The average Bonchev–Trinajstić information content (AvgIpc) is 2.62. The number of benzene rings is 1. The Labute approximate surface area is 171 Å². The summed E-state index contributed by atoms with van der Waals surface area (Å²) in [4.78, 5) is 27.9. The molecule has 0 radical (unpaired) electrons. The number of nitrogens with zero attached hydrogens (tertiary/aromatic N) is 1. The second kappa shape index (κ2) is 10.1. The molecule has 6 nitrogen and oxygen atoms in total. The maximum absolute atomic E-state index is 13.3. The molecule has 2 N–H and O–H groups in total. The van der Waals surface area contributed by atoms with Crippen molar-refractivity contribution in [2.45, 2.75) is 13.3 Å². The van der Waals surface area contributed by atoms with Gasteiger partial charge in [0.25, 0.3) is 11.8 Å². The highest BCUT2D eigenvalue weighted by Crippen LogP contribution is 2.20.